The Bertz CT molecular complexity index is 621. The van der Waals surface area contributed by atoms with E-state index < -0.39 is 11.5 Å². The van der Waals surface area contributed by atoms with E-state index in [1.165, 1.54) is 18.2 Å². The van der Waals surface area contributed by atoms with Crippen molar-refractivity contribution in [2.45, 2.75) is 38.6 Å². The van der Waals surface area contributed by atoms with Crippen LogP contribution < -0.4 is 10.6 Å². The number of aryl methyl sites for hydroxylation is 1. The zero-order chi connectivity index (χ0) is 19.0. The normalized spacial score (nSPS) is 16.7. The third kappa shape index (κ3) is 6.40. The second-order valence-electron chi connectivity index (χ2n) is 6.96. The van der Waals surface area contributed by atoms with Gasteiger partial charge in [0.2, 0.25) is 5.91 Å². The first-order valence-corrected chi connectivity index (χ1v) is 10.5. The fourth-order valence-corrected chi connectivity index (χ4v) is 3.97. The summed E-state index contributed by atoms with van der Waals surface area (Å²) in [4.78, 5) is 25.4. The first-order chi connectivity index (χ1) is 12.5. The lowest BCUT2D eigenvalue weighted by Gasteiger charge is -2.37. The van der Waals surface area contributed by atoms with Gasteiger partial charge in [-0.1, -0.05) is 24.3 Å². The molecule has 1 amide bonds. The van der Waals surface area contributed by atoms with Crippen LogP contribution in [0.5, 0.6) is 0 Å². The lowest BCUT2D eigenvalue weighted by molar-refractivity contribution is -0.147. The maximum Gasteiger partial charge on any atom is 0.328 e. The molecule has 0 bridgehead atoms. The molecule has 152 valence electrons. The fourth-order valence-electron chi connectivity index (χ4n) is 3.50. The minimum atomic E-state index is -0.580. The smallest absolute Gasteiger partial charge is 0.328 e. The van der Waals surface area contributed by atoms with Gasteiger partial charge in [-0.15, -0.1) is 12.4 Å². The molecule has 0 saturated carbocycles. The third-order valence-electron chi connectivity index (χ3n) is 5.23. The quantitative estimate of drug-likeness (QED) is 0.640. The number of amides is 1. The second kappa shape index (κ2) is 11.6. The van der Waals surface area contributed by atoms with E-state index in [2.05, 4.69) is 29.7 Å². The predicted octanol–water partition coefficient (Wildman–Crippen LogP) is 2.74. The van der Waals surface area contributed by atoms with Crippen LogP contribution in [0.15, 0.2) is 24.3 Å². The molecule has 27 heavy (non-hydrogen) atoms. The van der Waals surface area contributed by atoms with Gasteiger partial charge < -0.3 is 15.4 Å². The number of hydrogen-bond acceptors (Lipinski definition) is 5. The largest absolute Gasteiger partial charge is 0.467 e. The van der Waals surface area contributed by atoms with Crippen LogP contribution in [0, 0.1) is 12.3 Å². The van der Waals surface area contributed by atoms with Crippen molar-refractivity contribution >= 4 is 36.0 Å². The number of hydrogen-bond donors (Lipinski definition) is 2. The standard InChI is InChI=1S/C20H30N2O3S.ClH/c1-15-6-4-5-7-16(15)14-20(9-11-21-12-10-20)19(24)22-17(8-13-26-3)18(23)25-2;/h4-7,17,21H,8-14H2,1-3H3,(H,22,24);1H/t17-;/m0./s1. The number of rotatable bonds is 8. The van der Waals surface area contributed by atoms with Crippen molar-refractivity contribution in [3.63, 3.8) is 0 Å². The van der Waals surface area contributed by atoms with E-state index >= 15 is 0 Å². The summed E-state index contributed by atoms with van der Waals surface area (Å²) in [6.45, 7) is 3.71. The minimum absolute atomic E-state index is 0. The van der Waals surface area contributed by atoms with Crippen molar-refractivity contribution in [2.75, 3.05) is 32.2 Å². The molecule has 1 fully saturated rings. The Labute approximate surface area is 172 Å². The molecule has 1 atom stereocenters. The summed E-state index contributed by atoms with van der Waals surface area (Å²) in [6, 6.07) is 7.63. The van der Waals surface area contributed by atoms with Crippen molar-refractivity contribution in [1.29, 1.82) is 0 Å². The first-order valence-electron chi connectivity index (χ1n) is 9.15. The van der Waals surface area contributed by atoms with Crippen LogP contribution in [0.4, 0.5) is 0 Å². The van der Waals surface area contributed by atoms with Crippen molar-refractivity contribution in [1.82, 2.24) is 10.6 Å². The highest BCUT2D eigenvalue weighted by Crippen LogP contribution is 2.34. The topological polar surface area (TPSA) is 67.4 Å². The molecule has 0 aliphatic carbocycles. The molecular weight excluding hydrogens is 384 g/mol. The van der Waals surface area contributed by atoms with Gasteiger partial charge in [-0.2, -0.15) is 11.8 Å². The monoisotopic (exact) mass is 414 g/mol. The molecule has 5 nitrogen and oxygen atoms in total. The molecule has 1 aromatic carbocycles. The number of carbonyl (C=O) groups excluding carboxylic acids is 2. The SMILES string of the molecule is COC(=O)[C@H](CCSC)NC(=O)C1(Cc2ccccc2C)CCNCC1.Cl. The highest BCUT2D eigenvalue weighted by molar-refractivity contribution is 7.98. The molecule has 7 heteroatoms. The molecule has 0 spiro atoms. The van der Waals surface area contributed by atoms with E-state index in [-0.39, 0.29) is 24.3 Å². The third-order valence-corrected chi connectivity index (χ3v) is 5.88. The zero-order valence-corrected chi connectivity index (χ0v) is 18.0. The molecule has 2 N–H and O–H groups in total. The van der Waals surface area contributed by atoms with E-state index in [0.29, 0.717) is 12.8 Å². The summed E-state index contributed by atoms with van der Waals surface area (Å²) in [5, 5.41) is 6.34. The predicted molar refractivity (Wildman–Crippen MR) is 114 cm³/mol. The molecule has 0 radical (unpaired) electrons. The number of ether oxygens (including phenoxy) is 1. The molecule has 1 heterocycles. The number of benzene rings is 1. The Balaban J connectivity index is 0.00000364. The van der Waals surface area contributed by atoms with Crippen molar-refractivity contribution in [3.8, 4) is 0 Å². The summed E-state index contributed by atoms with van der Waals surface area (Å²) >= 11 is 1.66. The van der Waals surface area contributed by atoms with Crippen molar-refractivity contribution in [3.05, 3.63) is 35.4 Å². The van der Waals surface area contributed by atoms with Gasteiger partial charge in [-0.05, 0) is 68.8 Å². The zero-order valence-electron chi connectivity index (χ0n) is 16.4. The summed E-state index contributed by atoms with van der Waals surface area (Å²) in [6.07, 6.45) is 4.80. The van der Waals surface area contributed by atoms with Gasteiger partial charge in [0.15, 0.2) is 0 Å². The number of carbonyl (C=O) groups is 2. The molecular formula is C20H31ClN2O3S. The molecule has 1 saturated heterocycles. The average molecular weight is 415 g/mol. The van der Waals surface area contributed by atoms with Gasteiger partial charge in [0, 0.05) is 0 Å². The number of esters is 1. The Morgan fingerprint density at radius 1 is 1.30 bits per heavy atom. The summed E-state index contributed by atoms with van der Waals surface area (Å²) in [5.41, 5.74) is 1.91. The summed E-state index contributed by atoms with van der Waals surface area (Å²) in [7, 11) is 1.37. The molecule has 2 rings (SSSR count). The average Bonchev–Trinajstić information content (AvgIpc) is 2.66. The number of halogens is 1. The highest BCUT2D eigenvalue weighted by atomic mass is 35.5. The minimum Gasteiger partial charge on any atom is -0.467 e. The molecule has 1 aromatic rings. The molecule has 1 aliphatic heterocycles. The van der Waals surface area contributed by atoms with Crippen LogP contribution in [-0.4, -0.2) is 50.1 Å². The molecule has 1 aliphatic rings. The first kappa shape index (κ1) is 23.8. The summed E-state index contributed by atoms with van der Waals surface area (Å²) in [5.74, 6) is 0.401. The van der Waals surface area contributed by atoms with Gasteiger partial charge in [-0.25, -0.2) is 4.79 Å². The maximum atomic E-state index is 13.3. The lowest BCUT2D eigenvalue weighted by Crippen LogP contribution is -2.53. The lowest BCUT2D eigenvalue weighted by atomic mass is 9.72. The maximum absolute atomic E-state index is 13.3. The Hall–Kier alpha value is -1.24. The van der Waals surface area contributed by atoms with Gasteiger partial charge >= 0.3 is 5.97 Å². The van der Waals surface area contributed by atoms with Crippen LogP contribution in [-0.2, 0) is 20.7 Å². The Morgan fingerprint density at radius 2 is 1.96 bits per heavy atom. The van der Waals surface area contributed by atoms with Crippen LogP contribution in [0.3, 0.4) is 0 Å². The van der Waals surface area contributed by atoms with Gasteiger partial charge in [0.05, 0.1) is 12.5 Å². The molecule has 0 aromatic heterocycles. The van der Waals surface area contributed by atoms with Gasteiger partial charge in [0.25, 0.3) is 0 Å². The van der Waals surface area contributed by atoms with E-state index in [1.54, 1.807) is 11.8 Å². The second-order valence-corrected chi connectivity index (χ2v) is 7.95. The van der Waals surface area contributed by atoms with Crippen LogP contribution in [0.2, 0.25) is 0 Å². The Kier molecular flexibility index (Phi) is 10.2. The van der Waals surface area contributed by atoms with E-state index in [4.69, 9.17) is 4.74 Å². The highest BCUT2D eigenvalue weighted by Gasteiger charge is 2.41. The van der Waals surface area contributed by atoms with Crippen molar-refractivity contribution in [2.24, 2.45) is 5.41 Å². The number of piperidine rings is 1. The van der Waals surface area contributed by atoms with E-state index in [9.17, 15) is 9.59 Å². The van der Waals surface area contributed by atoms with Gasteiger partial charge in [0.1, 0.15) is 6.04 Å². The van der Waals surface area contributed by atoms with Crippen LogP contribution in [0.25, 0.3) is 0 Å². The molecule has 0 unspecified atom stereocenters. The van der Waals surface area contributed by atoms with Gasteiger partial charge in [-0.3, -0.25) is 4.79 Å². The van der Waals surface area contributed by atoms with E-state index in [0.717, 1.165) is 31.7 Å². The fraction of sp³-hybridized carbons (Fsp3) is 0.600. The van der Waals surface area contributed by atoms with Crippen LogP contribution in [0.1, 0.15) is 30.4 Å². The number of thioether (sulfide) groups is 1. The number of methoxy groups -OCH3 is 1. The number of nitrogens with one attached hydrogen (secondary N) is 2. The van der Waals surface area contributed by atoms with Crippen molar-refractivity contribution < 1.29 is 14.3 Å². The summed E-state index contributed by atoms with van der Waals surface area (Å²) < 4.78 is 4.89. The van der Waals surface area contributed by atoms with Crippen LogP contribution >= 0.6 is 24.2 Å². The van der Waals surface area contributed by atoms with E-state index in [1.807, 2.05) is 18.4 Å². The Morgan fingerprint density at radius 3 is 2.56 bits per heavy atom.